The number of ether oxygens (including phenoxy) is 1. The number of amides is 1. The molecule has 0 saturated carbocycles. The summed E-state index contributed by atoms with van der Waals surface area (Å²) < 4.78 is 25.0. The summed E-state index contributed by atoms with van der Waals surface area (Å²) in [5, 5.41) is 0. The Balaban J connectivity index is 1.39. The van der Waals surface area contributed by atoms with Gasteiger partial charge in [-0.3, -0.25) is 14.5 Å². The molecule has 0 aliphatic carbocycles. The first-order valence-corrected chi connectivity index (χ1v) is 9.11. The number of halogens is 1. The van der Waals surface area contributed by atoms with E-state index in [1.165, 1.54) is 35.6 Å². The van der Waals surface area contributed by atoms with Crippen LogP contribution in [0.4, 0.5) is 4.39 Å². The number of fused-ring (bicyclic) bond motifs is 1. The minimum atomic E-state index is -0.714. The van der Waals surface area contributed by atoms with Crippen molar-refractivity contribution in [3.8, 4) is 5.75 Å². The Morgan fingerprint density at radius 1 is 1.14 bits per heavy atom. The van der Waals surface area contributed by atoms with Crippen LogP contribution in [-0.2, 0) is 26.2 Å². The van der Waals surface area contributed by atoms with Gasteiger partial charge in [-0.05, 0) is 23.3 Å². The van der Waals surface area contributed by atoms with Crippen molar-refractivity contribution in [3.63, 3.8) is 0 Å². The van der Waals surface area contributed by atoms with E-state index in [1.54, 1.807) is 0 Å². The molecular weight excluding hydrogens is 375 g/mol. The van der Waals surface area contributed by atoms with E-state index in [1.807, 2.05) is 12.1 Å². The van der Waals surface area contributed by atoms with Gasteiger partial charge in [-0.15, -0.1) is 0 Å². The minimum absolute atomic E-state index is 0.00293. The lowest BCUT2D eigenvalue weighted by Crippen LogP contribution is -2.17. The largest absolute Gasteiger partial charge is 0.482 e. The predicted octanol–water partition coefficient (Wildman–Crippen LogP) is 2.97. The Kier molecular flexibility index (Phi) is 5.14. The zero-order valence-corrected chi connectivity index (χ0v) is 15.6. The molecule has 0 atom stereocenters. The molecular formula is C22H19FN2O4. The number of nitrogens with zero attached hydrogens (tertiary/aromatic N) is 1. The molecule has 0 unspecified atom stereocenters. The van der Waals surface area contributed by atoms with Crippen molar-refractivity contribution in [2.24, 2.45) is 5.73 Å². The van der Waals surface area contributed by atoms with Crippen molar-refractivity contribution in [2.75, 3.05) is 0 Å². The van der Waals surface area contributed by atoms with Gasteiger partial charge in [-0.1, -0.05) is 30.3 Å². The van der Waals surface area contributed by atoms with Crippen LogP contribution < -0.4 is 15.9 Å². The Labute approximate surface area is 166 Å². The van der Waals surface area contributed by atoms with E-state index in [9.17, 15) is 14.0 Å². The standard InChI is InChI=1S/C22H19FN2O4/c23-19-7-14(22(24)27)5-6-17(19)12-29-21-13-28-18(8-20(21)26)11-25-9-15-3-1-2-4-16(15)10-25/h1-8,13H,9-12H2,(H2,24,27). The van der Waals surface area contributed by atoms with Crippen LogP contribution in [0.5, 0.6) is 5.75 Å². The molecule has 1 aliphatic rings. The van der Waals surface area contributed by atoms with E-state index in [2.05, 4.69) is 17.0 Å². The summed E-state index contributed by atoms with van der Waals surface area (Å²) in [6, 6.07) is 13.5. The van der Waals surface area contributed by atoms with Crippen molar-refractivity contribution >= 4 is 5.91 Å². The van der Waals surface area contributed by atoms with Crippen LogP contribution >= 0.6 is 0 Å². The average molecular weight is 394 g/mol. The number of nitrogens with two attached hydrogens (primary N) is 1. The van der Waals surface area contributed by atoms with Gasteiger partial charge in [-0.2, -0.15) is 0 Å². The van der Waals surface area contributed by atoms with Gasteiger partial charge in [0, 0.05) is 30.3 Å². The minimum Gasteiger partial charge on any atom is -0.482 e. The second-order valence-corrected chi connectivity index (χ2v) is 6.95. The van der Waals surface area contributed by atoms with Gasteiger partial charge in [0.05, 0.1) is 6.54 Å². The zero-order chi connectivity index (χ0) is 20.4. The Morgan fingerprint density at radius 3 is 2.48 bits per heavy atom. The molecule has 2 heterocycles. The fourth-order valence-electron chi connectivity index (χ4n) is 3.34. The molecule has 6 nitrogen and oxygen atoms in total. The summed E-state index contributed by atoms with van der Waals surface area (Å²) in [4.78, 5) is 25.6. The molecule has 1 amide bonds. The molecule has 3 aromatic rings. The topological polar surface area (TPSA) is 85.8 Å². The maximum atomic E-state index is 14.0. The van der Waals surface area contributed by atoms with Gasteiger partial charge in [0.15, 0.2) is 0 Å². The molecule has 148 valence electrons. The summed E-state index contributed by atoms with van der Waals surface area (Å²) in [7, 11) is 0. The molecule has 1 aliphatic heterocycles. The number of hydrogen-bond acceptors (Lipinski definition) is 5. The highest BCUT2D eigenvalue weighted by molar-refractivity contribution is 5.92. The molecule has 0 fully saturated rings. The fourth-order valence-corrected chi connectivity index (χ4v) is 3.34. The molecule has 7 heteroatoms. The van der Waals surface area contributed by atoms with E-state index < -0.39 is 11.7 Å². The first kappa shape index (κ1) is 18.9. The Morgan fingerprint density at radius 2 is 1.86 bits per heavy atom. The Bertz CT molecular complexity index is 1100. The van der Waals surface area contributed by atoms with Crippen LogP contribution in [0.1, 0.15) is 32.8 Å². The van der Waals surface area contributed by atoms with Gasteiger partial charge in [0.1, 0.15) is 24.4 Å². The van der Waals surface area contributed by atoms with E-state index in [4.69, 9.17) is 14.9 Å². The van der Waals surface area contributed by atoms with Crippen LogP contribution in [0.2, 0.25) is 0 Å². The smallest absolute Gasteiger partial charge is 0.248 e. The zero-order valence-electron chi connectivity index (χ0n) is 15.6. The molecule has 2 N–H and O–H groups in total. The first-order valence-electron chi connectivity index (χ1n) is 9.11. The third kappa shape index (κ3) is 4.20. The second kappa shape index (κ2) is 7.89. The van der Waals surface area contributed by atoms with Gasteiger partial charge < -0.3 is 14.9 Å². The lowest BCUT2D eigenvalue weighted by Gasteiger charge is -2.14. The molecule has 2 aromatic carbocycles. The van der Waals surface area contributed by atoms with Crippen molar-refractivity contribution in [1.29, 1.82) is 0 Å². The molecule has 0 spiro atoms. The van der Waals surface area contributed by atoms with E-state index >= 15 is 0 Å². The van der Waals surface area contributed by atoms with Crippen molar-refractivity contribution in [3.05, 3.63) is 98.8 Å². The highest BCUT2D eigenvalue weighted by atomic mass is 19.1. The summed E-state index contributed by atoms with van der Waals surface area (Å²) in [6.45, 7) is 1.95. The van der Waals surface area contributed by atoms with Crippen LogP contribution in [0.25, 0.3) is 0 Å². The van der Waals surface area contributed by atoms with Gasteiger partial charge >= 0.3 is 0 Å². The maximum absolute atomic E-state index is 14.0. The normalized spacial score (nSPS) is 13.3. The molecule has 1 aromatic heterocycles. The summed E-state index contributed by atoms with van der Waals surface area (Å²) in [6.07, 6.45) is 1.25. The third-order valence-electron chi connectivity index (χ3n) is 4.86. The summed E-state index contributed by atoms with van der Waals surface area (Å²) in [5.74, 6) is -0.811. The average Bonchev–Trinajstić information content (AvgIpc) is 3.10. The monoisotopic (exact) mass is 394 g/mol. The van der Waals surface area contributed by atoms with Crippen LogP contribution in [0.3, 0.4) is 0 Å². The quantitative estimate of drug-likeness (QED) is 0.695. The van der Waals surface area contributed by atoms with Gasteiger partial charge in [0.25, 0.3) is 0 Å². The van der Waals surface area contributed by atoms with E-state index in [-0.39, 0.29) is 28.9 Å². The molecule has 0 bridgehead atoms. The number of hydrogen-bond donors (Lipinski definition) is 1. The lowest BCUT2D eigenvalue weighted by molar-refractivity contribution is 0.0999. The molecule has 29 heavy (non-hydrogen) atoms. The van der Waals surface area contributed by atoms with E-state index in [0.29, 0.717) is 12.3 Å². The highest BCUT2D eigenvalue weighted by Crippen LogP contribution is 2.24. The van der Waals surface area contributed by atoms with Crippen LogP contribution in [0.15, 0.2) is 64.0 Å². The third-order valence-corrected chi connectivity index (χ3v) is 4.86. The lowest BCUT2D eigenvalue weighted by atomic mass is 10.1. The number of carbonyl (C=O) groups is 1. The predicted molar refractivity (Wildman–Crippen MR) is 104 cm³/mol. The van der Waals surface area contributed by atoms with Crippen molar-refractivity contribution in [2.45, 2.75) is 26.2 Å². The second-order valence-electron chi connectivity index (χ2n) is 6.95. The number of benzene rings is 2. The Hall–Kier alpha value is -3.45. The number of primary amides is 1. The van der Waals surface area contributed by atoms with Gasteiger partial charge in [0.2, 0.25) is 17.1 Å². The van der Waals surface area contributed by atoms with Crippen molar-refractivity contribution < 1.29 is 18.3 Å². The van der Waals surface area contributed by atoms with Gasteiger partial charge in [-0.25, -0.2) is 4.39 Å². The molecule has 4 rings (SSSR count). The summed E-state index contributed by atoms with van der Waals surface area (Å²) >= 11 is 0. The fraction of sp³-hybridized carbons (Fsp3) is 0.182. The SMILES string of the molecule is NC(=O)c1ccc(COc2coc(CN3Cc4ccccc4C3)cc2=O)c(F)c1. The summed E-state index contributed by atoms with van der Waals surface area (Å²) in [5.41, 5.74) is 7.61. The van der Waals surface area contributed by atoms with E-state index in [0.717, 1.165) is 19.2 Å². The number of carbonyl (C=O) groups excluding carboxylic acids is 1. The number of rotatable bonds is 6. The first-order chi connectivity index (χ1) is 14.0. The maximum Gasteiger partial charge on any atom is 0.248 e. The van der Waals surface area contributed by atoms with Crippen molar-refractivity contribution in [1.82, 2.24) is 4.90 Å². The van der Waals surface area contributed by atoms with Crippen LogP contribution in [0, 0.1) is 5.82 Å². The molecule has 0 radical (unpaired) electrons. The molecule has 0 saturated heterocycles. The van der Waals surface area contributed by atoms with Crippen LogP contribution in [-0.4, -0.2) is 10.8 Å². The highest BCUT2D eigenvalue weighted by Gasteiger charge is 2.19.